The molecule has 3 nitrogen and oxygen atoms in total. The van der Waals surface area contributed by atoms with Gasteiger partial charge < -0.3 is 14.7 Å². The lowest BCUT2D eigenvalue weighted by Gasteiger charge is -2.14. The van der Waals surface area contributed by atoms with E-state index in [1.165, 1.54) is 0 Å². The first-order valence-corrected chi connectivity index (χ1v) is 11.1. The SMILES string of the molecule is CC(Br)CC(Br)COP(O)(=S)S.CCNCC. The van der Waals surface area contributed by atoms with Crippen LogP contribution in [0.3, 0.4) is 0 Å². The van der Waals surface area contributed by atoms with E-state index in [0.717, 1.165) is 19.5 Å². The number of rotatable bonds is 7. The molecule has 0 aromatic rings. The monoisotopic (exact) mass is 429 g/mol. The van der Waals surface area contributed by atoms with E-state index in [0.29, 0.717) is 11.4 Å². The van der Waals surface area contributed by atoms with Crippen molar-refractivity contribution in [1.29, 1.82) is 0 Å². The van der Waals surface area contributed by atoms with Crippen molar-refractivity contribution in [3.63, 3.8) is 0 Å². The molecule has 0 fully saturated rings. The topological polar surface area (TPSA) is 41.5 Å². The third-order valence-electron chi connectivity index (χ3n) is 1.50. The second kappa shape index (κ2) is 12.9. The van der Waals surface area contributed by atoms with E-state index in [4.69, 9.17) is 9.42 Å². The zero-order valence-corrected chi connectivity index (χ0v) is 16.2. The second-order valence-electron chi connectivity index (χ2n) is 3.36. The van der Waals surface area contributed by atoms with Crippen LogP contribution >= 0.6 is 49.8 Å². The van der Waals surface area contributed by atoms with Crippen LogP contribution < -0.4 is 5.32 Å². The van der Waals surface area contributed by atoms with Crippen molar-refractivity contribution < 1.29 is 9.42 Å². The van der Waals surface area contributed by atoms with Gasteiger partial charge >= 0.3 is 0 Å². The maximum absolute atomic E-state index is 9.04. The molecule has 0 aromatic heterocycles. The fourth-order valence-corrected chi connectivity index (χ4v) is 3.46. The summed E-state index contributed by atoms with van der Waals surface area (Å²) in [4.78, 5) is 9.66. The average Bonchev–Trinajstić information content (AvgIpc) is 2.15. The zero-order chi connectivity index (χ0) is 13.9. The molecule has 0 radical (unpaired) electrons. The second-order valence-corrected chi connectivity index (χ2v) is 11.4. The minimum absolute atomic E-state index is 0.202. The van der Waals surface area contributed by atoms with Gasteiger partial charge in [-0.15, -0.1) is 0 Å². The van der Waals surface area contributed by atoms with Crippen LogP contribution in [-0.2, 0) is 16.3 Å². The highest BCUT2D eigenvalue weighted by molar-refractivity contribution is 9.10. The minimum atomic E-state index is -2.78. The van der Waals surface area contributed by atoms with Gasteiger partial charge in [-0.2, -0.15) is 0 Å². The molecular formula is C9H22Br2NO2PS2. The van der Waals surface area contributed by atoms with E-state index in [-0.39, 0.29) is 4.83 Å². The summed E-state index contributed by atoms with van der Waals surface area (Å²) in [5.74, 6) is 0. The molecule has 3 unspecified atom stereocenters. The highest BCUT2D eigenvalue weighted by atomic mass is 79.9. The Morgan fingerprint density at radius 2 is 1.88 bits per heavy atom. The van der Waals surface area contributed by atoms with Gasteiger partial charge in [0.2, 0.25) is 5.69 Å². The Kier molecular flexibility index (Phi) is 16.0. The molecule has 106 valence electrons. The highest BCUT2D eigenvalue weighted by Crippen LogP contribution is 2.47. The van der Waals surface area contributed by atoms with Gasteiger partial charge in [0.25, 0.3) is 0 Å². The Morgan fingerprint density at radius 1 is 1.41 bits per heavy atom. The number of nitrogens with one attached hydrogen (secondary N) is 1. The fraction of sp³-hybridized carbons (Fsp3) is 1.00. The maximum Gasteiger partial charge on any atom is 0.241 e. The van der Waals surface area contributed by atoms with Crippen LogP contribution in [-0.4, -0.2) is 34.2 Å². The van der Waals surface area contributed by atoms with Gasteiger partial charge in [-0.25, -0.2) is 0 Å². The predicted octanol–water partition coefficient (Wildman–Crippen LogP) is 3.70. The molecule has 0 saturated heterocycles. The van der Waals surface area contributed by atoms with Gasteiger partial charge in [0.1, 0.15) is 0 Å². The molecule has 0 aliphatic carbocycles. The van der Waals surface area contributed by atoms with Crippen molar-refractivity contribution in [2.45, 2.75) is 36.8 Å². The summed E-state index contributed by atoms with van der Waals surface area (Å²) in [5, 5.41) is 3.11. The van der Waals surface area contributed by atoms with Crippen LogP contribution in [0.15, 0.2) is 0 Å². The summed E-state index contributed by atoms with van der Waals surface area (Å²) in [7, 11) is 0. The van der Waals surface area contributed by atoms with Gasteiger partial charge in [0.15, 0.2) is 0 Å². The van der Waals surface area contributed by atoms with E-state index in [2.05, 4.69) is 75.1 Å². The fourth-order valence-electron chi connectivity index (χ4n) is 0.848. The van der Waals surface area contributed by atoms with Crippen LogP contribution in [0.4, 0.5) is 0 Å². The van der Waals surface area contributed by atoms with Gasteiger partial charge in [0.05, 0.1) is 6.61 Å². The quantitative estimate of drug-likeness (QED) is 0.327. The van der Waals surface area contributed by atoms with Crippen molar-refractivity contribution in [2.75, 3.05) is 19.7 Å². The molecule has 0 aliphatic heterocycles. The van der Waals surface area contributed by atoms with Crippen molar-refractivity contribution in [2.24, 2.45) is 0 Å². The van der Waals surface area contributed by atoms with Crippen molar-refractivity contribution in [1.82, 2.24) is 5.32 Å². The Bertz CT molecular complexity index is 215. The van der Waals surface area contributed by atoms with Crippen molar-refractivity contribution in [3.05, 3.63) is 0 Å². The molecular weight excluding hydrogens is 409 g/mol. The van der Waals surface area contributed by atoms with Crippen molar-refractivity contribution >= 4 is 61.6 Å². The lowest BCUT2D eigenvalue weighted by atomic mass is 10.3. The van der Waals surface area contributed by atoms with Gasteiger partial charge in [-0.3, -0.25) is 0 Å². The average molecular weight is 431 g/mol. The first-order chi connectivity index (χ1) is 7.72. The van der Waals surface area contributed by atoms with Crippen LogP contribution in [0, 0.1) is 0 Å². The smallest absolute Gasteiger partial charge is 0.241 e. The summed E-state index contributed by atoms with van der Waals surface area (Å²) < 4.78 is 4.97. The van der Waals surface area contributed by atoms with E-state index < -0.39 is 5.69 Å². The Balaban J connectivity index is 0. The molecule has 2 N–H and O–H groups in total. The van der Waals surface area contributed by atoms with E-state index >= 15 is 0 Å². The Hall–Kier alpha value is 1.84. The number of thiol groups is 1. The summed E-state index contributed by atoms with van der Waals surface area (Å²) in [6, 6.07) is 0. The zero-order valence-electron chi connectivity index (χ0n) is 10.4. The summed E-state index contributed by atoms with van der Waals surface area (Å²) in [5.41, 5.74) is -2.78. The first-order valence-electron chi connectivity index (χ1n) is 5.41. The lowest BCUT2D eigenvalue weighted by molar-refractivity contribution is 0.318. The predicted molar refractivity (Wildman–Crippen MR) is 91.4 cm³/mol. The molecule has 3 atom stereocenters. The van der Waals surface area contributed by atoms with Gasteiger partial charge in [0, 0.05) is 9.65 Å². The molecule has 0 saturated carbocycles. The number of hydrogen-bond donors (Lipinski definition) is 3. The number of hydrogen-bond acceptors (Lipinski definition) is 3. The lowest BCUT2D eigenvalue weighted by Crippen LogP contribution is -2.10. The van der Waals surface area contributed by atoms with Crippen molar-refractivity contribution in [3.8, 4) is 0 Å². The molecule has 0 heterocycles. The molecule has 0 rings (SSSR count). The molecule has 0 spiro atoms. The van der Waals surface area contributed by atoms with Gasteiger partial charge in [-0.1, -0.05) is 64.9 Å². The Labute approximate surface area is 132 Å². The van der Waals surface area contributed by atoms with Crippen LogP contribution in [0.5, 0.6) is 0 Å². The molecule has 0 bridgehead atoms. The van der Waals surface area contributed by atoms with Crippen LogP contribution in [0.25, 0.3) is 0 Å². The Morgan fingerprint density at radius 3 is 2.12 bits per heavy atom. The largest absolute Gasteiger partial charge is 0.338 e. The van der Waals surface area contributed by atoms with Gasteiger partial charge in [-0.05, 0) is 31.3 Å². The van der Waals surface area contributed by atoms with Crippen LogP contribution in [0.2, 0.25) is 0 Å². The highest BCUT2D eigenvalue weighted by Gasteiger charge is 2.12. The molecule has 17 heavy (non-hydrogen) atoms. The van der Waals surface area contributed by atoms with E-state index in [9.17, 15) is 0 Å². The standard InChI is InChI=1S/C5H11Br2O2PS2.C4H11N/c1-4(6)2-5(7)3-9-10(8,11)12;1-3-5-4-2/h4-5H,2-3H2,1H3,(H2,8,11,12);5H,3-4H2,1-2H3. The number of alkyl halides is 2. The van der Waals surface area contributed by atoms with E-state index in [1.54, 1.807) is 0 Å². The summed E-state index contributed by atoms with van der Waals surface area (Å²) in [6.45, 7) is 8.83. The molecule has 0 aliphatic rings. The van der Waals surface area contributed by atoms with Crippen LogP contribution in [0.1, 0.15) is 27.2 Å². The molecule has 8 heteroatoms. The minimum Gasteiger partial charge on any atom is -0.338 e. The molecule has 0 aromatic carbocycles. The molecule has 0 amide bonds. The normalized spacial score (nSPS) is 17.6. The van der Waals surface area contributed by atoms with E-state index in [1.807, 2.05) is 6.92 Å². The summed E-state index contributed by atoms with van der Waals surface area (Å²) in [6.07, 6.45) is 0.920. The first kappa shape index (κ1) is 21.1. The summed E-state index contributed by atoms with van der Waals surface area (Å²) >= 11 is 15.2. The third kappa shape index (κ3) is 23.4. The third-order valence-corrected chi connectivity index (χ3v) is 3.66. The number of halogens is 2. The maximum atomic E-state index is 9.04.